The van der Waals surface area contributed by atoms with Crippen LogP contribution in [-0.2, 0) is 6.54 Å². The number of hydrogen-bond donors (Lipinski definition) is 2. The first kappa shape index (κ1) is 16.5. The topological polar surface area (TPSA) is 79.8 Å². The zero-order valence-electron chi connectivity index (χ0n) is 13.5. The maximum absolute atomic E-state index is 13.2. The number of nitrogens with zero attached hydrogens (tertiary/aromatic N) is 3. The zero-order valence-corrected chi connectivity index (χ0v) is 13.5. The first-order chi connectivity index (χ1) is 12.1. The van der Waals surface area contributed by atoms with E-state index in [4.69, 9.17) is 0 Å². The van der Waals surface area contributed by atoms with Crippen molar-refractivity contribution in [3.8, 4) is 0 Å². The molecule has 25 heavy (non-hydrogen) atoms. The highest BCUT2D eigenvalue weighted by atomic mass is 19.1. The molecule has 126 valence electrons. The molecule has 1 amide bonds. The lowest BCUT2D eigenvalue weighted by molar-refractivity contribution is 0.102. The van der Waals surface area contributed by atoms with Crippen LogP contribution in [0.2, 0.25) is 0 Å². The lowest BCUT2D eigenvalue weighted by Crippen LogP contribution is -2.16. The molecule has 0 bridgehead atoms. The second kappa shape index (κ2) is 7.48. The number of aryl methyl sites for hydroxylation is 1. The van der Waals surface area contributed by atoms with Crippen LogP contribution in [0.15, 0.2) is 54.9 Å². The zero-order chi connectivity index (χ0) is 17.6. The van der Waals surface area contributed by atoms with Gasteiger partial charge in [0, 0.05) is 30.3 Å². The number of amides is 1. The summed E-state index contributed by atoms with van der Waals surface area (Å²) in [5, 5.41) is 5.69. The van der Waals surface area contributed by atoms with Gasteiger partial charge >= 0.3 is 0 Å². The van der Waals surface area contributed by atoms with Gasteiger partial charge < -0.3 is 10.6 Å². The van der Waals surface area contributed by atoms with Crippen molar-refractivity contribution in [2.75, 3.05) is 10.6 Å². The maximum atomic E-state index is 13.2. The van der Waals surface area contributed by atoms with Crippen LogP contribution < -0.4 is 10.6 Å². The fraction of sp³-hybridized carbons (Fsp3) is 0.111. The summed E-state index contributed by atoms with van der Waals surface area (Å²) in [5.41, 5.74) is 2.18. The molecule has 0 aliphatic carbocycles. The number of anilines is 2. The van der Waals surface area contributed by atoms with E-state index in [1.807, 2.05) is 12.1 Å². The van der Waals surface area contributed by atoms with Crippen LogP contribution in [0.5, 0.6) is 0 Å². The van der Waals surface area contributed by atoms with Crippen LogP contribution in [-0.4, -0.2) is 20.9 Å². The van der Waals surface area contributed by atoms with Crippen molar-refractivity contribution in [1.82, 2.24) is 15.0 Å². The molecule has 0 saturated heterocycles. The van der Waals surface area contributed by atoms with E-state index in [1.54, 1.807) is 31.5 Å². The van der Waals surface area contributed by atoms with Gasteiger partial charge in [-0.15, -0.1) is 0 Å². The minimum Gasteiger partial charge on any atom is -0.350 e. The Morgan fingerprint density at radius 1 is 1.16 bits per heavy atom. The Labute approximate surface area is 144 Å². The van der Waals surface area contributed by atoms with E-state index in [1.165, 1.54) is 18.2 Å². The molecule has 3 aromatic rings. The molecular formula is C18H16FN5O. The summed E-state index contributed by atoms with van der Waals surface area (Å²) in [5.74, 6) is -0.510. The first-order valence-electron chi connectivity index (χ1n) is 7.65. The van der Waals surface area contributed by atoms with Gasteiger partial charge in [-0.1, -0.05) is 12.1 Å². The van der Waals surface area contributed by atoms with Crippen LogP contribution in [0, 0.1) is 12.7 Å². The highest BCUT2D eigenvalue weighted by Crippen LogP contribution is 2.12. The predicted molar refractivity (Wildman–Crippen MR) is 92.7 cm³/mol. The molecule has 0 aliphatic rings. The van der Waals surface area contributed by atoms with E-state index in [9.17, 15) is 9.18 Å². The number of benzene rings is 1. The predicted octanol–water partition coefficient (Wildman–Crippen LogP) is 3.18. The summed E-state index contributed by atoms with van der Waals surface area (Å²) < 4.78 is 13.2. The molecule has 1 aromatic carbocycles. The molecule has 0 saturated carbocycles. The molecule has 0 aliphatic heterocycles. The molecule has 6 nitrogen and oxygen atoms in total. The number of pyridine rings is 1. The van der Waals surface area contributed by atoms with E-state index in [0.717, 1.165) is 5.56 Å². The summed E-state index contributed by atoms with van der Waals surface area (Å²) in [4.78, 5) is 24.9. The Morgan fingerprint density at radius 3 is 2.80 bits per heavy atom. The number of hydrogen-bond acceptors (Lipinski definition) is 5. The van der Waals surface area contributed by atoms with Crippen LogP contribution in [0.4, 0.5) is 16.0 Å². The fourth-order valence-corrected chi connectivity index (χ4v) is 2.21. The summed E-state index contributed by atoms with van der Waals surface area (Å²) in [7, 11) is 0. The van der Waals surface area contributed by atoms with Gasteiger partial charge in [0.2, 0.25) is 5.95 Å². The van der Waals surface area contributed by atoms with Crippen LogP contribution in [0.3, 0.4) is 0 Å². The Hall–Kier alpha value is -3.35. The Morgan fingerprint density at radius 2 is 2.04 bits per heavy atom. The number of aromatic nitrogens is 3. The molecule has 2 N–H and O–H groups in total. The number of carbonyl (C=O) groups excluding carboxylic acids is 1. The molecule has 0 atom stereocenters. The maximum Gasteiger partial charge on any atom is 0.274 e. The Kier molecular flexibility index (Phi) is 4.94. The Bertz CT molecular complexity index is 886. The second-order valence-corrected chi connectivity index (χ2v) is 5.40. The summed E-state index contributed by atoms with van der Waals surface area (Å²) in [6.07, 6.45) is 3.43. The molecule has 0 radical (unpaired) electrons. The first-order valence-corrected chi connectivity index (χ1v) is 7.65. The molecule has 2 aromatic heterocycles. The van der Waals surface area contributed by atoms with Gasteiger partial charge in [0.05, 0.1) is 0 Å². The van der Waals surface area contributed by atoms with Crippen LogP contribution in [0.25, 0.3) is 0 Å². The van der Waals surface area contributed by atoms with Gasteiger partial charge in [0.15, 0.2) is 0 Å². The largest absolute Gasteiger partial charge is 0.350 e. The van der Waals surface area contributed by atoms with Gasteiger partial charge in [-0.05, 0) is 42.8 Å². The average molecular weight is 337 g/mol. The third kappa shape index (κ3) is 4.57. The number of rotatable bonds is 5. The van der Waals surface area contributed by atoms with Crippen molar-refractivity contribution in [3.05, 3.63) is 77.6 Å². The quantitative estimate of drug-likeness (QED) is 0.747. The van der Waals surface area contributed by atoms with Gasteiger partial charge in [-0.2, -0.15) is 0 Å². The van der Waals surface area contributed by atoms with Crippen molar-refractivity contribution >= 4 is 17.5 Å². The highest BCUT2D eigenvalue weighted by Gasteiger charge is 2.11. The van der Waals surface area contributed by atoms with E-state index < -0.39 is 11.7 Å². The van der Waals surface area contributed by atoms with Crippen LogP contribution >= 0.6 is 0 Å². The lowest BCUT2D eigenvalue weighted by Gasteiger charge is -2.09. The van der Waals surface area contributed by atoms with Crippen molar-refractivity contribution < 1.29 is 9.18 Å². The van der Waals surface area contributed by atoms with Crippen molar-refractivity contribution in [1.29, 1.82) is 0 Å². The normalized spacial score (nSPS) is 10.3. The fourth-order valence-electron chi connectivity index (χ4n) is 2.21. The van der Waals surface area contributed by atoms with Crippen molar-refractivity contribution in [2.45, 2.75) is 13.5 Å². The van der Waals surface area contributed by atoms with E-state index in [2.05, 4.69) is 25.6 Å². The second-order valence-electron chi connectivity index (χ2n) is 5.40. The molecule has 7 heteroatoms. The summed E-state index contributed by atoms with van der Waals surface area (Å²) >= 11 is 0. The third-order valence-electron chi connectivity index (χ3n) is 3.34. The third-order valence-corrected chi connectivity index (χ3v) is 3.34. The standard InChI is InChI=1S/C18H16FN5O/c1-12-8-16(17(25)23-15-6-2-5-14(19)9-15)24-18(22-12)21-11-13-4-3-7-20-10-13/h2-10H,11H2,1H3,(H,23,25)(H,21,22,24). The van der Waals surface area contributed by atoms with E-state index in [-0.39, 0.29) is 5.69 Å². The molecule has 0 fully saturated rings. The van der Waals surface area contributed by atoms with Crippen molar-refractivity contribution in [3.63, 3.8) is 0 Å². The molecular weight excluding hydrogens is 321 g/mol. The van der Waals surface area contributed by atoms with Gasteiger partial charge in [0.25, 0.3) is 5.91 Å². The highest BCUT2D eigenvalue weighted by molar-refractivity contribution is 6.03. The van der Waals surface area contributed by atoms with Crippen LogP contribution in [0.1, 0.15) is 21.7 Å². The van der Waals surface area contributed by atoms with Gasteiger partial charge in [0.1, 0.15) is 11.5 Å². The monoisotopic (exact) mass is 337 g/mol. The lowest BCUT2D eigenvalue weighted by atomic mass is 10.2. The summed E-state index contributed by atoms with van der Waals surface area (Å²) in [6, 6.07) is 11.0. The van der Waals surface area contributed by atoms with E-state index in [0.29, 0.717) is 23.9 Å². The molecule has 0 spiro atoms. The van der Waals surface area contributed by atoms with E-state index >= 15 is 0 Å². The SMILES string of the molecule is Cc1cc(C(=O)Nc2cccc(F)c2)nc(NCc2cccnc2)n1. The Balaban J connectivity index is 1.73. The minimum atomic E-state index is -0.430. The minimum absolute atomic E-state index is 0.199. The summed E-state index contributed by atoms with van der Waals surface area (Å²) in [6.45, 7) is 2.26. The smallest absolute Gasteiger partial charge is 0.274 e. The molecule has 2 heterocycles. The number of nitrogens with one attached hydrogen (secondary N) is 2. The number of halogens is 1. The number of carbonyl (C=O) groups is 1. The molecule has 0 unspecified atom stereocenters. The molecule has 3 rings (SSSR count). The van der Waals surface area contributed by atoms with Crippen molar-refractivity contribution in [2.24, 2.45) is 0 Å². The average Bonchev–Trinajstić information content (AvgIpc) is 2.60. The van der Waals surface area contributed by atoms with Gasteiger partial charge in [-0.3, -0.25) is 9.78 Å². The van der Waals surface area contributed by atoms with Gasteiger partial charge in [-0.25, -0.2) is 14.4 Å².